The fourth-order valence-corrected chi connectivity index (χ4v) is 2.28. The Morgan fingerprint density at radius 1 is 1.04 bits per heavy atom. The molecule has 0 unspecified atom stereocenters. The zero-order chi connectivity index (χ0) is 16.2. The maximum absolute atomic E-state index is 9.92. The molecule has 1 aromatic heterocycles. The van der Waals surface area contributed by atoms with Crippen molar-refractivity contribution in [2.24, 2.45) is 4.99 Å². The molecule has 5 nitrogen and oxygen atoms in total. The summed E-state index contributed by atoms with van der Waals surface area (Å²) >= 11 is 0. The third-order valence-electron chi connectivity index (χ3n) is 3.45. The Kier molecular flexibility index (Phi) is 4.10. The molecule has 0 radical (unpaired) electrons. The van der Waals surface area contributed by atoms with E-state index in [0.29, 0.717) is 11.5 Å². The fourth-order valence-electron chi connectivity index (χ4n) is 2.28. The molecule has 3 rings (SSSR count). The van der Waals surface area contributed by atoms with Gasteiger partial charge in [-0.3, -0.25) is 9.98 Å². The molecule has 0 aliphatic heterocycles. The van der Waals surface area contributed by atoms with E-state index in [4.69, 9.17) is 9.47 Å². The quantitative estimate of drug-likeness (QED) is 0.746. The Morgan fingerprint density at radius 3 is 2.48 bits per heavy atom. The maximum atomic E-state index is 9.92. The first-order valence-corrected chi connectivity index (χ1v) is 7.05. The molecule has 3 aromatic rings. The van der Waals surface area contributed by atoms with Crippen LogP contribution in [0.3, 0.4) is 0 Å². The molecule has 0 aliphatic rings. The number of hydrogen-bond donors (Lipinski definition) is 1. The average Bonchev–Trinajstić information content (AvgIpc) is 2.60. The van der Waals surface area contributed by atoms with Crippen LogP contribution in [0.15, 0.2) is 53.7 Å². The number of rotatable bonds is 4. The highest BCUT2D eigenvalue weighted by atomic mass is 16.5. The predicted molar refractivity (Wildman–Crippen MR) is 90.2 cm³/mol. The summed E-state index contributed by atoms with van der Waals surface area (Å²) in [5.41, 5.74) is 2.51. The van der Waals surface area contributed by atoms with Gasteiger partial charge in [0.15, 0.2) is 11.5 Å². The number of phenolic OH excluding ortho intramolecular Hbond substituents is 1. The first kappa shape index (κ1) is 14.8. The predicted octanol–water partition coefficient (Wildman–Crippen LogP) is 3.71. The van der Waals surface area contributed by atoms with Gasteiger partial charge < -0.3 is 14.6 Å². The topological polar surface area (TPSA) is 63.9 Å². The van der Waals surface area contributed by atoms with Gasteiger partial charge in [0, 0.05) is 23.4 Å². The summed E-state index contributed by atoms with van der Waals surface area (Å²) in [7, 11) is 2.98. The van der Waals surface area contributed by atoms with Crippen LogP contribution in [0.1, 0.15) is 5.56 Å². The number of benzene rings is 2. The van der Waals surface area contributed by atoms with Crippen molar-refractivity contribution in [3.8, 4) is 17.2 Å². The first-order valence-electron chi connectivity index (χ1n) is 7.05. The van der Waals surface area contributed by atoms with E-state index in [9.17, 15) is 5.11 Å². The monoisotopic (exact) mass is 308 g/mol. The van der Waals surface area contributed by atoms with E-state index in [1.54, 1.807) is 24.5 Å². The molecule has 0 bridgehead atoms. The molecule has 116 valence electrons. The van der Waals surface area contributed by atoms with Crippen molar-refractivity contribution >= 4 is 22.8 Å². The van der Waals surface area contributed by atoms with Crippen molar-refractivity contribution in [2.45, 2.75) is 0 Å². The number of methoxy groups -OCH3 is 2. The molecule has 0 aliphatic carbocycles. The third-order valence-corrected chi connectivity index (χ3v) is 3.45. The Hall–Kier alpha value is -3.08. The molecule has 2 aromatic carbocycles. The normalized spacial score (nSPS) is 11.0. The van der Waals surface area contributed by atoms with E-state index in [1.165, 1.54) is 14.2 Å². The molecule has 1 N–H and O–H groups in total. The fraction of sp³-hybridized carbons (Fsp3) is 0.111. The van der Waals surface area contributed by atoms with Gasteiger partial charge in [-0.15, -0.1) is 0 Å². The van der Waals surface area contributed by atoms with Gasteiger partial charge in [-0.25, -0.2) is 0 Å². The summed E-state index contributed by atoms with van der Waals surface area (Å²) in [6.45, 7) is 0. The van der Waals surface area contributed by atoms with E-state index < -0.39 is 0 Å². The van der Waals surface area contributed by atoms with Crippen molar-refractivity contribution in [1.82, 2.24) is 4.98 Å². The van der Waals surface area contributed by atoms with E-state index in [2.05, 4.69) is 9.98 Å². The summed E-state index contributed by atoms with van der Waals surface area (Å²) < 4.78 is 10.3. The van der Waals surface area contributed by atoms with Gasteiger partial charge in [-0.05, 0) is 36.4 Å². The highest BCUT2D eigenvalue weighted by molar-refractivity contribution is 5.87. The van der Waals surface area contributed by atoms with Gasteiger partial charge >= 0.3 is 0 Å². The molecule has 0 amide bonds. The van der Waals surface area contributed by atoms with Crippen molar-refractivity contribution in [3.05, 3.63) is 54.2 Å². The number of nitrogens with zero attached hydrogens (tertiary/aromatic N) is 2. The number of hydrogen-bond acceptors (Lipinski definition) is 5. The lowest BCUT2D eigenvalue weighted by Gasteiger charge is -2.09. The molecule has 0 fully saturated rings. The maximum Gasteiger partial charge on any atom is 0.200 e. The van der Waals surface area contributed by atoms with E-state index >= 15 is 0 Å². The van der Waals surface area contributed by atoms with Gasteiger partial charge in [0.25, 0.3) is 0 Å². The van der Waals surface area contributed by atoms with Crippen molar-refractivity contribution in [2.75, 3.05) is 14.2 Å². The first-order chi connectivity index (χ1) is 11.2. The van der Waals surface area contributed by atoms with Crippen LogP contribution < -0.4 is 9.47 Å². The number of aromatic hydroxyl groups is 1. The van der Waals surface area contributed by atoms with E-state index in [-0.39, 0.29) is 5.75 Å². The van der Waals surface area contributed by atoms with Crippen LogP contribution in [0.5, 0.6) is 17.2 Å². The minimum Gasteiger partial charge on any atom is -0.502 e. The van der Waals surface area contributed by atoms with Crippen LogP contribution in [0.25, 0.3) is 10.9 Å². The number of pyridine rings is 1. The van der Waals surface area contributed by atoms with Crippen LogP contribution in [0.2, 0.25) is 0 Å². The largest absolute Gasteiger partial charge is 0.502 e. The summed E-state index contributed by atoms with van der Waals surface area (Å²) in [4.78, 5) is 8.74. The molecule has 0 saturated carbocycles. The molecule has 0 atom stereocenters. The van der Waals surface area contributed by atoms with Crippen LogP contribution in [0.4, 0.5) is 5.69 Å². The van der Waals surface area contributed by atoms with Crippen molar-refractivity contribution in [1.29, 1.82) is 0 Å². The van der Waals surface area contributed by atoms with Crippen LogP contribution in [0, 0.1) is 0 Å². The van der Waals surface area contributed by atoms with Crippen LogP contribution in [-0.2, 0) is 0 Å². The lowest BCUT2D eigenvalue weighted by atomic mass is 10.2. The van der Waals surface area contributed by atoms with Crippen molar-refractivity contribution < 1.29 is 14.6 Å². The number of fused-ring (bicyclic) bond motifs is 1. The minimum atomic E-state index is -0.0241. The van der Waals surface area contributed by atoms with Gasteiger partial charge in [-0.1, -0.05) is 6.07 Å². The van der Waals surface area contributed by atoms with Gasteiger partial charge in [0.1, 0.15) is 0 Å². The molecular weight excluding hydrogens is 292 g/mol. The smallest absolute Gasteiger partial charge is 0.200 e. The van der Waals surface area contributed by atoms with Gasteiger partial charge in [0.2, 0.25) is 5.75 Å². The lowest BCUT2D eigenvalue weighted by molar-refractivity contribution is 0.340. The number of aromatic nitrogens is 1. The average molecular weight is 308 g/mol. The minimum absolute atomic E-state index is 0.0241. The molecule has 0 saturated heterocycles. The van der Waals surface area contributed by atoms with Gasteiger partial charge in [0.05, 0.1) is 25.4 Å². The number of ether oxygens (including phenoxy) is 2. The number of aliphatic imine (C=N–C) groups is 1. The Morgan fingerprint density at radius 2 is 1.78 bits per heavy atom. The Bertz CT molecular complexity index is 850. The zero-order valence-corrected chi connectivity index (χ0v) is 12.9. The second-order valence-electron chi connectivity index (χ2n) is 4.91. The summed E-state index contributed by atoms with van der Waals surface area (Å²) in [5.74, 6) is 0.658. The second-order valence-corrected chi connectivity index (χ2v) is 4.91. The Labute approximate surface area is 133 Å². The SMILES string of the molecule is COc1cc(C=Nc2ccc3ncccc3c2)cc(OC)c1O. The molecule has 1 heterocycles. The zero-order valence-electron chi connectivity index (χ0n) is 12.9. The van der Waals surface area contributed by atoms with Crippen LogP contribution in [-0.4, -0.2) is 30.5 Å². The Balaban J connectivity index is 1.94. The number of phenols is 1. The van der Waals surface area contributed by atoms with E-state index in [0.717, 1.165) is 22.2 Å². The van der Waals surface area contributed by atoms with Gasteiger partial charge in [-0.2, -0.15) is 0 Å². The van der Waals surface area contributed by atoms with E-state index in [1.807, 2.05) is 30.3 Å². The molecule has 23 heavy (non-hydrogen) atoms. The lowest BCUT2D eigenvalue weighted by Crippen LogP contribution is -1.92. The summed E-state index contributed by atoms with van der Waals surface area (Å²) in [5, 5.41) is 10.9. The standard InChI is InChI=1S/C18H16N2O3/c1-22-16-8-12(9-17(23-2)18(16)21)11-20-14-5-6-15-13(10-14)4-3-7-19-15/h3-11,21H,1-2H3. The highest BCUT2D eigenvalue weighted by Crippen LogP contribution is 2.36. The highest BCUT2D eigenvalue weighted by Gasteiger charge is 2.10. The molecule has 5 heteroatoms. The van der Waals surface area contributed by atoms with Crippen LogP contribution >= 0.6 is 0 Å². The molecular formula is C18H16N2O3. The second kappa shape index (κ2) is 6.36. The molecule has 0 spiro atoms. The summed E-state index contributed by atoms with van der Waals surface area (Å²) in [6.07, 6.45) is 3.46. The summed E-state index contributed by atoms with van der Waals surface area (Å²) in [6, 6.07) is 13.1. The van der Waals surface area contributed by atoms with Crippen molar-refractivity contribution in [3.63, 3.8) is 0 Å². The third kappa shape index (κ3) is 3.08.